The first-order chi connectivity index (χ1) is 18.8. The molecule has 1 aliphatic heterocycles. The Morgan fingerprint density at radius 3 is 1.46 bits per heavy atom. The predicted molar refractivity (Wildman–Crippen MR) is 179 cm³/mol. The summed E-state index contributed by atoms with van der Waals surface area (Å²) >= 11 is 0. The molecule has 242 valence electrons. The number of carbonyl (C=O) groups is 1. The minimum Gasteiger partial charge on any atom is -0.450 e. The second-order valence-corrected chi connectivity index (χ2v) is 10.4. The zero-order chi connectivity index (χ0) is 31.4. The summed E-state index contributed by atoms with van der Waals surface area (Å²) in [5, 5.41) is 0. The van der Waals surface area contributed by atoms with Gasteiger partial charge in [0, 0.05) is 19.7 Å². The molecule has 0 radical (unpaired) electrons. The molecule has 0 unspecified atom stereocenters. The molecule has 2 aliphatic rings. The van der Waals surface area contributed by atoms with Crippen molar-refractivity contribution in [1.82, 2.24) is 4.90 Å². The lowest BCUT2D eigenvalue weighted by molar-refractivity contribution is 0.0956. The standard InChI is InChI=1S/C11H22O.C7H13NO2.2C5H12.C3H8.2C2H6/c1-3-5-6-7-11(8-9-11)10-12-4-2;1-2-10-7(9)8-5-3-4-6-8;1-4-5(2)3;1-3-5-4-2;1-3-2;2*1-2/h3-10H2,1-2H3;2-6H2,1H3;5H,4H2,1-3H3;3-5H2,1-2H3;3H2,1-2H3;2*1-2H3. The van der Waals surface area contributed by atoms with Crippen LogP contribution < -0.4 is 0 Å². The molecule has 0 atom stereocenters. The minimum absolute atomic E-state index is 0.153. The highest BCUT2D eigenvalue weighted by atomic mass is 16.6. The predicted octanol–water partition coefficient (Wildman–Crippen LogP) is 12.3. The first-order valence-electron chi connectivity index (χ1n) is 17.3. The van der Waals surface area contributed by atoms with Gasteiger partial charge in [0.25, 0.3) is 0 Å². The summed E-state index contributed by atoms with van der Waals surface area (Å²) < 4.78 is 10.3. The van der Waals surface area contributed by atoms with Crippen LogP contribution in [0.3, 0.4) is 0 Å². The van der Waals surface area contributed by atoms with E-state index in [0.717, 1.165) is 45.1 Å². The van der Waals surface area contributed by atoms with Gasteiger partial charge in [0.2, 0.25) is 0 Å². The SMILES string of the molecule is CC.CC.CCC.CCC(C)C.CCCCC.CCCCCC1(COCC)CC1.CCOC(=O)N1CCCC1. The molecule has 0 bridgehead atoms. The normalized spacial score (nSPS) is 13.6. The van der Waals surface area contributed by atoms with Crippen LogP contribution in [0.15, 0.2) is 0 Å². The van der Waals surface area contributed by atoms with Gasteiger partial charge < -0.3 is 14.4 Å². The van der Waals surface area contributed by atoms with Crippen LogP contribution in [0.4, 0.5) is 4.79 Å². The summed E-state index contributed by atoms with van der Waals surface area (Å²) in [6.07, 6.45) is 17.1. The van der Waals surface area contributed by atoms with E-state index in [1.165, 1.54) is 70.6 Å². The second kappa shape index (κ2) is 41.7. The molecular formula is C35H79NO3. The van der Waals surface area contributed by atoms with Crippen molar-refractivity contribution in [2.45, 2.75) is 180 Å². The van der Waals surface area contributed by atoms with Crippen LogP contribution in [-0.4, -0.2) is 43.9 Å². The molecular weight excluding hydrogens is 482 g/mol. The van der Waals surface area contributed by atoms with Gasteiger partial charge in [-0.25, -0.2) is 4.79 Å². The molecule has 1 heterocycles. The Labute approximate surface area is 249 Å². The van der Waals surface area contributed by atoms with E-state index in [2.05, 4.69) is 62.3 Å². The summed E-state index contributed by atoms with van der Waals surface area (Å²) in [5.41, 5.74) is 0.630. The molecule has 1 amide bonds. The fourth-order valence-electron chi connectivity index (χ4n) is 3.18. The van der Waals surface area contributed by atoms with Crippen LogP contribution in [0.5, 0.6) is 0 Å². The minimum atomic E-state index is -0.153. The number of rotatable bonds is 11. The number of ether oxygens (including phenoxy) is 2. The molecule has 4 heteroatoms. The van der Waals surface area contributed by atoms with Crippen molar-refractivity contribution in [2.75, 3.05) is 32.9 Å². The summed E-state index contributed by atoms with van der Waals surface area (Å²) in [6, 6.07) is 0. The molecule has 0 aromatic rings. The Balaban J connectivity index is -0.000000129. The second-order valence-electron chi connectivity index (χ2n) is 10.4. The lowest BCUT2D eigenvalue weighted by Gasteiger charge is -2.13. The van der Waals surface area contributed by atoms with Gasteiger partial charge in [0.15, 0.2) is 0 Å². The third kappa shape index (κ3) is 41.8. The first-order valence-corrected chi connectivity index (χ1v) is 17.3. The van der Waals surface area contributed by atoms with Crippen LogP contribution in [-0.2, 0) is 9.47 Å². The molecule has 0 aromatic carbocycles. The third-order valence-corrected chi connectivity index (χ3v) is 6.04. The van der Waals surface area contributed by atoms with Crippen LogP contribution in [0.1, 0.15) is 180 Å². The van der Waals surface area contributed by atoms with Gasteiger partial charge in [-0.2, -0.15) is 0 Å². The van der Waals surface area contributed by atoms with Gasteiger partial charge in [-0.1, -0.05) is 134 Å². The summed E-state index contributed by atoms with van der Waals surface area (Å²) in [5.74, 6) is 0.884. The molecule has 39 heavy (non-hydrogen) atoms. The Kier molecular flexibility index (Phi) is 51.3. The molecule has 2 rings (SSSR count). The Bertz CT molecular complexity index is 401. The van der Waals surface area contributed by atoms with Crippen LogP contribution in [0, 0.1) is 11.3 Å². The highest BCUT2D eigenvalue weighted by Gasteiger charge is 2.41. The first kappa shape index (κ1) is 48.0. The maximum absolute atomic E-state index is 10.9. The number of nitrogens with zero attached hydrogens (tertiary/aromatic N) is 1. The Hall–Kier alpha value is -0.770. The summed E-state index contributed by atoms with van der Waals surface area (Å²) in [7, 11) is 0. The van der Waals surface area contributed by atoms with Crippen LogP contribution in [0.25, 0.3) is 0 Å². The Morgan fingerprint density at radius 1 is 0.744 bits per heavy atom. The topological polar surface area (TPSA) is 38.8 Å². The van der Waals surface area contributed by atoms with Gasteiger partial charge >= 0.3 is 6.09 Å². The van der Waals surface area contributed by atoms with E-state index < -0.39 is 0 Å². The molecule has 1 aliphatic carbocycles. The van der Waals surface area contributed by atoms with Crippen molar-refractivity contribution in [3.63, 3.8) is 0 Å². The van der Waals surface area contributed by atoms with Crippen molar-refractivity contribution in [3.8, 4) is 0 Å². The van der Waals surface area contributed by atoms with Crippen molar-refractivity contribution in [1.29, 1.82) is 0 Å². The van der Waals surface area contributed by atoms with Crippen LogP contribution >= 0.6 is 0 Å². The molecule has 0 N–H and O–H groups in total. The van der Waals surface area contributed by atoms with Crippen molar-refractivity contribution >= 4 is 6.09 Å². The zero-order valence-corrected chi connectivity index (χ0v) is 30.0. The number of unbranched alkanes of at least 4 members (excludes halogenated alkanes) is 4. The quantitative estimate of drug-likeness (QED) is 0.235. The molecule has 4 nitrogen and oxygen atoms in total. The number of carbonyl (C=O) groups excluding carboxylic acids is 1. The number of hydrogen-bond donors (Lipinski definition) is 0. The van der Waals surface area contributed by atoms with Crippen molar-refractivity contribution < 1.29 is 14.3 Å². The van der Waals surface area contributed by atoms with Gasteiger partial charge in [-0.15, -0.1) is 0 Å². The summed E-state index contributed by atoms with van der Waals surface area (Å²) in [6.45, 7) is 33.6. The molecule has 1 saturated heterocycles. The van der Waals surface area contributed by atoms with Gasteiger partial charge in [0.05, 0.1) is 13.2 Å². The summed E-state index contributed by atoms with van der Waals surface area (Å²) in [4.78, 5) is 12.7. The smallest absolute Gasteiger partial charge is 0.409 e. The van der Waals surface area contributed by atoms with Crippen molar-refractivity contribution in [2.24, 2.45) is 11.3 Å². The number of likely N-dealkylation sites (tertiary alicyclic amines) is 1. The lowest BCUT2D eigenvalue weighted by atomic mass is 9.99. The molecule has 2 fully saturated rings. The van der Waals surface area contributed by atoms with Gasteiger partial charge in [0.1, 0.15) is 0 Å². The molecule has 0 aromatic heterocycles. The maximum Gasteiger partial charge on any atom is 0.409 e. The van der Waals surface area contributed by atoms with Gasteiger partial charge in [-0.3, -0.25) is 0 Å². The highest BCUT2D eigenvalue weighted by Crippen LogP contribution is 2.50. The van der Waals surface area contributed by atoms with E-state index in [1.807, 2.05) is 34.6 Å². The molecule has 0 spiro atoms. The van der Waals surface area contributed by atoms with E-state index in [4.69, 9.17) is 9.47 Å². The maximum atomic E-state index is 10.9. The fourth-order valence-corrected chi connectivity index (χ4v) is 3.18. The highest BCUT2D eigenvalue weighted by molar-refractivity contribution is 5.67. The largest absolute Gasteiger partial charge is 0.450 e. The van der Waals surface area contributed by atoms with E-state index in [1.54, 1.807) is 4.90 Å². The lowest BCUT2D eigenvalue weighted by Crippen LogP contribution is -2.28. The van der Waals surface area contributed by atoms with Crippen molar-refractivity contribution in [3.05, 3.63) is 0 Å². The van der Waals surface area contributed by atoms with E-state index >= 15 is 0 Å². The number of amides is 1. The van der Waals surface area contributed by atoms with E-state index in [0.29, 0.717) is 12.0 Å². The molecule has 1 saturated carbocycles. The third-order valence-electron chi connectivity index (χ3n) is 6.04. The average Bonchev–Trinajstić information content (AvgIpc) is 3.49. The Morgan fingerprint density at radius 2 is 1.18 bits per heavy atom. The van der Waals surface area contributed by atoms with E-state index in [-0.39, 0.29) is 6.09 Å². The van der Waals surface area contributed by atoms with Gasteiger partial charge in [-0.05, 0) is 57.3 Å². The number of hydrogen-bond acceptors (Lipinski definition) is 3. The fraction of sp³-hybridized carbons (Fsp3) is 0.971. The van der Waals surface area contributed by atoms with Crippen LogP contribution in [0.2, 0.25) is 0 Å². The monoisotopic (exact) mass is 562 g/mol. The zero-order valence-electron chi connectivity index (χ0n) is 30.0. The average molecular weight is 562 g/mol. The van der Waals surface area contributed by atoms with E-state index in [9.17, 15) is 4.79 Å².